The van der Waals surface area contributed by atoms with Crippen molar-refractivity contribution in [3.05, 3.63) is 44.9 Å². The van der Waals surface area contributed by atoms with Crippen LogP contribution in [-0.2, 0) is 12.8 Å². The van der Waals surface area contributed by atoms with Gasteiger partial charge in [-0.3, -0.25) is 14.5 Å². The summed E-state index contributed by atoms with van der Waals surface area (Å²) in [6.07, 6.45) is 1.79. The van der Waals surface area contributed by atoms with Crippen LogP contribution in [0.15, 0.2) is 17.5 Å². The summed E-state index contributed by atoms with van der Waals surface area (Å²) in [5.74, 6) is 0.119. The molecule has 0 unspecified atom stereocenters. The van der Waals surface area contributed by atoms with Crippen LogP contribution in [0.3, 0.4) is 0 Å². The van der Waals surface area contributed by atoms with Gasteiger partial charge in [-0.1, -0.05) is 13.0 Å². The van der Waals surface area contributed by atoms with E-state index in [-0.39, 0.29) is 11.6 Å². The van der Waals surface area contributed by atoms with Crippen molar-refractivity contribution in [1.29, 1.82) is 0 Å². The number of carbonyl (C=O) groups excluding carboxylic acids is 2. The molecule has 0 aliphatic carbocycles. The molecule has 3 heterocycles. The van der Waals surface area contributed by atoms with Crippen LogP contribution in [0.4, 0.5) is 0 Å². The van der Waals surface area contributed by atoms with Gasteiger partial charge in [-0.05, 0) is 43.7 Å². The minimum absolute atomic E-state index is 0.0269. The molecule has 0 bridgehead atoms. The largest absolute Gasteiger partial charge is 0.355 e. The van der Waals surface area contributed by atoms with E-state index >= 15 is 0 Å². The summed E-state index contributed by atoms with van der Waals surface area (Å²) in [6, 6.07) is 4.30. The van der Waals surface area contributed by atoms with E-state index in [1.807, 2.05) is 25.2 Å². The smallest absolute Gasteiger partial charge is 0.193 e. The molecule has 1 aliphatic rings. The van der Waals surface area contributed by atoms with Crippen LogP contribution in [0.25, 0.3) is 0 Å². The lowest BCUT2D eigenvalue weighted by Gasteiger charge is -2.34. The van der Waals surface area contributed by atoms with E-state index in [1.165, 1.54) is 4.88 Å². The fourth-order valence-corrected chi connectivity index (χ4v) is 4.62. The highest BCUT2D eigenvalue weighted by atomic mass is 32.1. The molecule has 2 aromatic heterocycles. The normalized spacial score (nSPS) is 16.0. The number of nitrogens with one attached hydrogen (secondary N) is 1. The summed E-state index contributed by atoms with van der Waals surface area (Å²) in [4.78, 5) is 34.1. The van der Waals surface area contributed by atoms with Crippen molar-refractivity contribution in [3.8, 4) is 0 Å². The number of ketones is 2. The molecule has 1 aliphatic heterocycles. The van der Waals surface area contributed by atoms with Gasteiger partial charge in [0.05, 0.1) is 12.2 Å². The van der Waals surface area contributed by atoms with Crippen molar-refractivity contribution < 1.29 is 9.59 Å². The number of nitrogens with zero attached hydrogens (tertiary/aromatic N) is 2. The van der Waals surface area contributed by atoms with Crippen LogP contribution in [0, 0.1) is 6.92 Å². The quantitative estimate of drug-likeness (QED) is 0.707. The molecule has 146 valence electrons. The maximum absolute atomic E-state index is 12.8. The summed E-state index contributed by atoms with van der Waals surface area (Å²) < 4.78 is 0. The van der Waals surface area contributed by atoms with Gasteiger partial charge in [0.15, 0.2) is 11.6 Å². The Bertz CT molecular complexity index is 787. The number of hydrogen-bond donors (Lipinski definition) is 1. The maximum Gasteiger partial charge on any atom is 0.193 e. The fourth-order valence-electron chi connectivity index (χ4n) is 3.92. The second-order valence-electron chi connectivity index (χ2n) is 7.26. The van der Waals surface area contributed by atoms with Crippen molar-refractivity contribution in [1.82, 2.24) is 14.8 Å². The average molecular weight is 388 g/mol. The fraction of sp³-hybridized carbons (Fsp3) is 0.524. The highest BCUT2D eigenvalue weighted by molar-refractivity contribution is 7.09. The summed E-state index contributed by atoms with van der Waals surface area (Å²) >= 11 is 1.82. The van der Waals surface area contributed by atoms with Crippen molar-refractivity contribution in [2.75, 3.05) is 39.3 Å². The molecule has 5 nitrogen and oxygen atoms in total. The van der Waals surface area contributed by atoms with Crippen LogP contribution in [-0.4, -0.2) is 65.6 Å². The molecule has 0 spiro atoms. The molecule has 2 aromatic rings. The Hall–Kier alpha value is -1.76. The van der Waals surface area contributed by atoms with Crippen molar-refractivity contribution in [3.63, 3.8) is 0 Å². The number of piperazine rings is 1. The standard InChI is InChI=1S/C21H29N3O2S/c1-4-18-20(16(3)25)15(2)22-21(18)19(26)14-24-11-9-23(10-12-24)8-7-17-6-5-13-27-17/h5-6,13,22H,4,7-12,14H2,1-3H3. The second kappa shape index (κ2) is 8.95. The predicted octanol–water partition coefficient (Wildman–Crippen LogP) is 3.19. The number of carbonyl (C=O) groups is 2. The predicted molar refractivity (Wildman–Crippen MR) is 110 cm³/mol. The molecule has 0 aromatic carbocycles. The number of hydrogen-bond acceptors (Lipinski definition) is 5. The van der Waals surface area contributed by atoms with E-state index in [0.29, 0.717) is 24.2 Å². The third-order valence-corrected chi connectivity index (χ3v) is 6.30. The van der Waals surface area contributed by atoms with Crippen molar-refractivity contribution >= 4 is 22.9 Å². The Labute approximate surface area is 165 Å². The van der Waals surface area contributed by atoms with Crippen LogP contribution in [0.5, 0.6) is 0 Å². The average Bonchev–Trinajstić information content (AvgIpc) is 3.28. The summed E-state index contributed by atoms with van der Waals surface area (Å²) in [7, 11) is 0. The van der Waals surface area contributed by atoms with Gasteiger partial charge in [0, 0.05) is 48.9 Å². The van der Waals surface area contributed by atoms with E-state index in [0.717, 1.165) is 50.4 Å². The first kappa shape index (κ1) is 20.0. The Morgan fingerprint density at radius 1 is 1.19 bits per heavy atom. The Morgan fingerprint density at radius 2 is 1.89 bits per heavy atom. The first-order valence-corrected chi connectivity index (χ1v) is 10.6. The molecule has 0 amide bonds. The topological polar surface area (TPSA) is 56.4 Å². The van der Waals surface area contributed by atoms with Gasteiger partial charge in [0.25, 0.3) is 0 Å². The molecule has 0 radical (unpaired) electrons. The first-order chi connectivity index (χ1) is 13.0. The number of thiophene rings is 1. The van der Waals surface area contributed by atoms with Gasteiger partial charge in [0.1, 0.15) is 0 Å². The summed E-state index contributed by atoms with van der Waals surface area (Å²) in [5, 5.41) is 2.13. The number of rotatable bonds is 8. The van der Waals surface area contributed by atoms with Crippen LogP contribution in [0.1, 0.15) is 50.8 Å². The van der Waals surface area contributed by atoms with Gasteiger partial charge in [-0.2, -0.15) is 0 Å². The molecule has 6 heteroatoms. The van der Waals surface area contributed by atoms with Crippen molar-refractivity contribution in [2.45, 2.75) is 33.6 Å². The first-order valence-electron chi connectivity index (χ1n) is 9.72. The zero-order valence-electron chi connectivity index (χ0n) is 16.5. The minimum atomic E-state index is 0.0269. The van der Waals surface area contributed by atoms with E-state index in [1.54, 1.807) is 6.92 Å². The number of H-pyrrole nitrogens is 1. The zero-order chi connectivity index (χ0) is 19.4. The third kappa shape index (κ3) is 4.75. The van der Waals surface area contributed by atoms with E-state index in [4.69, 9.17) is 0 Å². The minimum Gasteiger partial charge on any atom is -0.355 e. The summed E-state index contributed by atoms with van der Waals surface area (Å²) in [5.41, 5.74) is 3.00. The van der Waals surface area contributed by atoms with Crippen molar-refractivity contribution in [2.24, 2.45) is 0 Å². The Balaban J connectivity index is 1.54. The molecular weight excluding hydrogens is 358 g/mol. The molecule has 0 atom stereocenters. The number of aromatic amines is 1. The SMILES string of the molecule is CCc1c(C(=O)CN2CCN(CCc3cccs3)CC2)[nH]c(C)c1C(C)=O. The lowest BCUT2D eigenvalue weighted by molar-refractivity contribution is 0.0849. The van der Waals surface area contributed by atoms with Crippen LogP contribution >= 0.6 is 11.3 Å². The Morgan fingerprint density at radius 3 is 2.48 bits per heavy atom. The second-order valence-corrected chi connectivity index (χ2v) is 8.29. The molecule has 1 saturated heterocycles. The zero-order valence-corrected chi connectivity index (χ0v) is 17.3. The maximum atomic E-state index is 12.8. The van der Waals surface area contributed by atoms with E-state index in [2.05, 4.69) is 32.3 Å². The molecule has 1 N–H and O–H groups in total. The van der Waals surface area contributed by atoms with E-state index < -0.39 is 0 Å². The van der Waals surface area contributed by atoms with Gasteiger partial charge >= 0.3 is 0 Å². The van der Waals surface area contributed by atoms with Gasteiger partial charge in [-0.25, -0.2) is 0 Å². The highest BCUT2D eigenvalue weighted by Crippen LogP contribution is 2.21. The van der Waals surface area contributed by atoms with Crippen LogP contribution < -0.4 is 0 Å². The van der Waals surface area contributed by atoms with Gasteiger partial charge < -0.3 is 9.88 Å². The monoisotopic (exact) mass is 387 g/mol. The molecule has 27 heavy (non-hydrogen) atoms. The highest BCUT2D eigenvalue weighted by Gasteiger charge is 2.24. The van der Waals surface area contributed by atoms with Gasteiger partial charge in [0.2, 0.25) is 0 Å². The van der Waals surface area contributed by atoms with E-state index in [9.17, 15) is 9.59 Å². The molecular formula is C21H29N3O2S. The number of Topliss-reactive ketones (excluding diaryl/α,β-unsaturated/α-hetero) is 2. The lowest BCUT2D eigenvalue weighted by Crippen LogP contribution is -2.48. The molecule has 0 saturated carbocycles. The molecule has 1 fully saturated rings. The number of aryl methyl sites for hydroxylation is 1. The van der Waals surface area contributed by atoms with Crippen LogP contribution in [0.2, 0.25) is 0 Å². The summed E-state index contributed by atoms with van der Waals surface area (Å²) in [6.45, 7) is 10.8. The van der Waals surface area contributed by atoms with Gasteiger partial charge in [-0.15, -0.1) is 11.3 Å². The number of aromatic nitrogens is 1. The lowest BCUT2D eigenvalue weighted by atomic mass is 10.0. The molecule has 3 rings (SSSR count). The Kier molecular flexibility index (Phi) is 6.63. The third-order valence-electron chi connectivity index (χ3n) is 5.36.